The standard InChI is InChI=1S/C80H116N8O19/c1-55(2)76(85-74(89)24-28-97-30-32-99-34-36-101-38-40-103-42-43-104-41-39-102-37-35-100-33-31-98-29-25-81-75(90)46-61-18-14-11-10-12-15-19-61)78(92)83-58(5)77(91)84-63-22-20-62(21-23-63)54-107-80(94)88-68-50-73(71(96-9)48-66(68)60(7)87-53-57(4)45-69(87)79(88)93)106-27-17-13-16-26-105-72-49-67-65(47-70(72)95-8)59(6)86-52-56(3)44-64(86)51-82-67/h20-23,47-53,55,58,61,64,69,76,79,93H,6-7,10-19,24-46,54H2,1-5,8-9H3,(H,81,90)(H,83,92)(H,84,91)(H,85,89)/t58?,64?,69?,76-,79?/m0/s1. The van der Waals surface area contributed by atoms with Gasteiger partial charge in [-0.1, -0.05) is 82.4 Å². The third-order valence-electron chi connectivity index (χ3n) is 19.0. The van der Waals surface area contributed by atoms with Crippen molar-refractivity contribution < 1.29 is 90.7 Å². The number of anilines is 2. The summed E-state index contributed by atoms with van der Waals surface area (Å²) in [6.45, 7) is 25.4. The summed E-state index contributed by atoms with van der Waals surface area (Å²) in [6.07, 6.45) is 16.7. The van der Waals surface area contributed by atoms with Crippen LogP contribution in [0.2, 0.25) is 0 Å². The molecule has 0 aromatic heterocycles. The Hall–Kier alpha value is -8.12. The van der Waals surface area contributed by atoms with Crippen LogP contribution in [0, 0.1) is 11.8 Å². The number of aliphatic hydroxyl groups is 1. The van der Waals surface area contributed by atoms with Gasteiger partial charge in [0.1, 0.15) is 18.7 Å². The van der Waals surface area contributed by atoms with E-state index in [1.165, 1.54) is 42.6 Å². The first-order valence-electron chi connectivity index (χ1n) is 38.0. The molecule has 5 amide bonds. The average molecular weight is 1490 g/mol. The summed E-state index contributed by atoms with van der Waals surface area (Å²) in [7, 11) is 3.16. The molecule has 5 N–H and O–H groups in total. The quantitative estimate of drug-likeness (QED) is 0.0328. The van der Waals surface area contributed by atoms with Gasteiger partial charge >= 0.3 is 6.09 Å². The molecule has 1 saturated carbocycles. The maximum Gasteiger partial charge on any atom is 0.416 e. The Morgan fingerprint density at radius 1 is 0.579 bits per heavy atom. The summed E-state index contributed by atoms with van der Waals surface area (Å²) in [5.74, 6) is 0.934. The van der Waals surface area contributed by atoms with Crippen LogP contribution in [0.15, 0.2) is 90.2 Å². The highest BCUT2D eigenvalue weighted by Crippen LogP contribution is 2.47. The molecule has 1 fully saturated rings. The lowest BCUT2D eigenvalue weighted by molar-refractivity contribution is -0.132. The average Bonchev–Trinajstić information content (AvgIpc) is 1.64. The lowest BCUT2D eigenvalue weighted by Gasteiger charge is -2.32. The van der Waals surface area contributed by atoms with E-state index in [0.717, 1.165) is 54.6 Å². The molecule has 4 unspecified atom stereocenters. The van der Waals surface area contributed by atoms with Crippen molar-refractivity contribution in [1.82, 2.24) is 25.8 Å². The van der Waals surface area contributed by atoms with Gasteiger partial charge in [0.2, 0.25) is 23.6 Å². The third kappa shape index (κ3) is 27.2. The number of amides is 5. The normalized spacial score (nSPS) is 17.6. The summed E-state index contributed by atoms with van der Waals surface area (Å²) in [5.41, 5.74) is 7.26. The second-order valence-electron chi connectivity index (χ2n) is 27.7. The smallest absolute Gasteiger partial charge is 0.416 e. The molecule has 5 atom stereocenters. The van der Waals surface area contributed by atoms with E-state index >= 15 is 0 Å². The topological polar surface area (TPSA) is 296 Å². The molecule has 0 spiro atoms. The van der Waals surface area contributed by atoms with E-state index < -0.39 is 42.3 Å². The molecule has 107 heavy (non-hydrogen) atoms. The number of unbranched alkanes of at least 4 members (excludes halogenated alkanes) is 2. The minimum absolute atomic E-state index is 0.0100. The van der Waals surface area contributed by atoms with Gasteiger partial charge in [-0.3, -0.25) is 24.2 Å². The van der Waals surface area contributed by atoms with Crippen LogP contribution in [-0.4, -0.2) is 221 Å². The lowest BCUT2D eigenvalue weighted by atomic mass is 9.89. The first-order valence-corrected chi connectivity index (χ1v) is 38.0. The minimum atomic E-state index is -1.35. The number of methoxy groups -OCH3 is 2. The Balaban J connectivity index is 0.649. The fourth-order valence-electron chi connectivity index (χ4n) is 13.1. The highest BCUT2D eigenvalue weighted by Gasteiger charge is 2.43. The molecule has 27 nitrogen and oxygen atoms in total. The zero-order chi connectivity index (χ0) is 76.3. The van der Waals surface area contributed by atoms with E-state index in [9.17, 15) is 29.1 Å². The van der Waals surface area contributed by atoms with E-state index in [1.807, 2.05) is 36.4 Å². The zero-order valence-electron chi connectivity index (χ0n) is 63.9. The summed E-state index contributed by atoms with van der Waals surface area (Å²) >= 11 is 0. The Morgan fingerprint density at radius 2 is 1.10 bits per heavy atom. The second kappa shape index (κ2) is 45.6. The number of carbonyl (C=O) groups excluding carboxylic acids is 5. The molecule has 27 heteroatoms. The van der Waals surface area contributed by atoms with Crippen molar-refractivity contribution in [3.05, 3.63) is 102 Å². The SMILES string of the molecule is C=C1c2cc(OC)c(OCCCCCOc3cc4c(cc3OC)C(=C)N3C=C(C)CC3C(O)N4C(=O)OCc3ccc(NC(=O)C(C)NC(=O)[C@@H](NC(=O)CCOCCOCCOCCOCCOCCOCCOCCOCCNC(=O)CC4CCCCCCC4)C(C)C)cc3)cc2N=CC2CC(C)=CN12. The number of fused-ring (bicyclic) bond motifs is 4. The molecule has 3 aromatic carbocycles. The monoisotopic (exact) mass is 1490 g/mol. The summed E-state index contributed by atoms with van der Waals surface area (Å²) in [4.78, 5) is 76.5. The van der Waals surface area contributed by atoms with Crippen LogP contribution >= 0.6 is 0 Å². The molecule has 1 aliphatic carbocycles. The van der Waals surface area contributed by atoms with Crippen molar-refractivity contribution in [1.29, 1.82) is 0 Å². The number of carbonyl (C=O) groups is 5. The van der Waals surface area contributed by atoms with E-state index in [2.05, 4.69) is 52.4 Å². The van der Waals surface area contributed by atoms with Crippen LogP contribution in [0.25, 0.3) is 11.4 Å². The molecule has 590 valence electrons. The van der Waals surface area contributed by atoms with Gasteiger partial charge in [-0.15, -0.1) is 0 Å². The lowest BCUT2D eigenvalue weighted by Crippen LogP contribution is -2.53. The Labute approximate surface area is 631 Å². The Kier molecular flexibility index (Phi) is 36.0. The molecule has 4 heterocycles. The van der Waals surface area contributed by atoms with Crippen molar-refractivity contribution in [2.75, 3.05) is 150 Å². The number of aliphatic imine (C=N–C) groups is 1. The molecule has 3 aromatic rings. The number of rotatable bonds is 47. The first kappa shape index (κ1) is 84.5. The van der Waals surface area contributed by atoms with E-state index in [0.29, 0.717) is 189 Å². The number of nitrogens with one attached hydrogen (secondary N) is 4. The van der Waals surface area contributed by atoms with Gasteiger partial charge in [0.25, 0.3) is 0 Å². The first-order chi connectivity index (χ1) is 51.9. The number of aliphatic hydroxyl groups excluding tert-OH is 1. The van der Waals surface area contributed by atoms with Crippen molar-refractivity contribution in [2.45, 2.75) is 162 Å². The van der Waals surface area contributed by atoms with Crippen LogP contribution in [-0.2, 0) is 68.4 Å². The third-order valence-corrected chi connectivity index (χ3v) is 19.0. The van der Waals surface area contributed by atoms with Crippen LogP contribution < -0.4 is 45.1 Å². The Bertz CT molecular complexity index is 3430. The Morgan fingerprint density at radius 3 is 1.68 bits per heavy atom. The largest absolute Gasteiger partial charge is 0.493 e. The van der Waals surface area contributed by atoms with Gasteiger partial charge < -0.3 is 97.8 Å². The highest BCUT2D eigenvalue weighted by atomic mass is 16.6. The van der Waals surface area contributed by atoms with Gasteiger partial charge in [0.05, 0.1) is 157 Å². The van der Waals surface area contributed by atoms with Gasteiger partial charge in [0.15, 0.2) is 29.2 Å². The van der Waals surface area contributed by atoms with Crippen LogP contribution in [0.3, 0.4) is 0 Å². The number of hydrogen-bond donors (Lipinski definition) is 5. The van der Waals surface area contributed by atoms with E-state index in [1.54, 1.807) is 71.4 Å². The highest BCUT2D eigenvalue weighted by molar-refractivity contribution is 5.98. The zero-order valence-corrected chi connectivity index (χ0v) is 63.9. The van der Waals surface area contributed by atoms with Crippen molar-refractivity contribution in [3.8, 4) is 23.0 Å². The van der Waals surface area contributed by atoms with Crippen molar-refractivity contribution in [2.24, 2.45) is 16.8 Å². The predicted octanol–water partition coefficient (Wildman–Crippen LogP) is 10.4. The van der Waals surface area contributed by atoms with Crippen LogP contribution in [0.5, 0.6) is 23.0 Å². The predicted molar refractivity (Wildman–Crippen MR) is 408 cm³/mol. The number of hydrogen-bond acceptors (Lipinski definition) is 22. The molecule has 0 radical (unpaired) electrons. The maximum absolute atomic E-state index is 14.4. The van der Waals surface area contributed by atoms with E-state index in [4.69, 9.17) is 66.6 Å². The fourth-order valence-corrected chi connectivity index (χ4v) is 13.1. The van der Waals surface area contributed by atoms with E-state index in [-0.39, 0.29) is 50.0 Å². The molecule has 8 rings (SSSR count). The summed E-state index contributed by atoms with van der Waals surface area (Å²) in [6, 6.07) is 11.6. The molecule has 5 aliphatic rings. The second-order valence-corrected chi connectivity index (χ2v) is 27.7. The number of nitrogens with zero attached hydrogens (tertiary/aromatic N) is 4. The molecule has 0 saturated heterocycles. The molecular formula is C80H116N8O19. The number of benzene rings is 3. The number of ether oxygens (including phenoxy) is 13. The van der Waals surface area contributed by atoms with Gasteiger partial charge in [-0.2, -0.15) is 0 Å². The molecular weight excluding hydrogens is 1380 g/mol. The van der Waals surface area contributed by atoms with Gasteiger partial charge in [0, 0.05) is 78.3 Å². The molecule has 4 aliphatic heterocycles. The van der Waals surface area contributed by atoms with Crippen LogP contribution in [0.1, 0.15) is 141 Å². The molecule has 0 bridgehead atoms. The van der Waals surface area contributed by atoms with Crippen molar-refractivity contribution in [3.63, 3.8) is 0 Å². The van der Waals surface area contributed by atoms with Gasteiger partial charge in [-0.25, -0.2) is 9.69 Å². The fraction of sp³-hybridized carbons (Fsp3) is 0.600. The summed E-state index contributed by atoms with van der Waals surface area (Å²) < 4.78 is 74.6. The minimum Gasteiger partial charge on any atom is -0.493 e. The summed E-state index contributed by atoms with van der Waals surface area (Å²) in [5, 5.41) is 23.4. The van der Waals surface area contributed by atoms with Gasteiger partial charge in [-0.05, 0) is 107 Å². The maximum atomic E-state index is 14.4. The van der Waals surface area contributed by atoms with Crippen molar-refractivity contribution >= 4 is 64.4 Å². The van der Waals surface area contributed by atoms with Crippen LogP contribution in [0.4, 0.5) is 21.9 Å².